The maximum atomic E-state index is 5.40. The van der Waals surface area contributed by atoms with Gasteiger partial charge in [0, 0.05) is 17.5 Å². The van der Waals surface area contributed by atoms with Gasteiger partial charge in [0.1, 0.15) is 6.26 Å². The quantitative estimate of drug-likeness (QED) is 0.767. The zero-order valence-corrected chi connectivity index (χ0v) is 7.17. The Morgan fingerprint density at radius 3 is 3.08 bits per heavy atom. The summed E-state index contributed by atoms with van der Waals surface area (Å²) in [5.41, 5.74) is 7.20. The minimum absolute atomic E-state index is 0.424. The van der Waals surface area contributed by atoms with Gasteiger partial charge in [0.2, 0.25) is 5.89 Å². The van der Waals surface area contributed by atoms with Crippen LogP contribution in [0.4, 0.5) is 0 Å². The van der Waals surface area contributed by atoms with Crippen molar-refractivity contribution >= 4 is 11.3 Å². The average Bonchev–Trinajstić information content (AvgIpc) is 2.75. The van der Waals surface area contributed by atoms with Crippen molar-refractivity contribution in [2.24, 2.45) is 5.73 Å². The minimum Gasteiger partial charge on any atom is -0.444 e. The lowest BCUT2D eigenvalue weighted by atomic mass is 10.3. The zero-order valence-electron chi connectivity index (χ0n) is 6.36. The van der Waals surface area contributed by atoms with Crippen molar-refractivity contribution in [2.45, 2.75) is 6.54 Å². The van der Waals surface area contributed by atoms with Crippen LogP contribution in [-0.2, 0) is 6.54 Å². The second-order valence-electron chi connectivity index (χ2n) is 2.36. The Balaban J connectivity index is 2.35. The van der Waals surface area contributed by atoms with Gasteiger partial charge in [0.25, 0.3) is 0 Å². The zero-order chi connectivity index (χ0) is 8.39. The van der Waals surface area contributed by atoms with E-state index in [2.05, 4.69) is 4.98 Å². The fourth-order valence-electron chi connectivity index (χ4n) is 0.919. The third-order valence-electron chi connectivity index (χ3n) is 1.53. The molecule has 0 aliphatic carbocycles. The highest BCUT2D eigenvalue weighted by Crippen LogP contribution is 2.20. The second kappa shape index (κ2) is 3.08. The summed E-state index contributed by atoms with van der Waals surface area (Å²) >= 11 is 1.62. The number of hydrogen-bond donors (Lipinski definition) is 1. The Morgan fingerprint density at radius 2 is 2.50 bits per heavy atom. The molecule has 0 atom stereocenters. The van der Waals surface area contributed by atoms with E-state index in [1.807, 2.05) is 16.8 Å². The van der Waals surface area contributed by atoms with E-state index in [9.17, 15) is 0 Å². The molecule has 0 bridgehead atoms. The third-order valence-corrected chi connectivity index (χ3v) is 2.21. The van der Waals surface area contributed by atoms with Crippen LogP contribution in [0.25, 0.3) is 11.5 Å². The van der Waals surface area contributed by atoms with Crippen LogP contribution < -0.4 is 5.73 Å². The van der Waals surface area contributed by atoms with Crippen LogP contribution in [-0.4, -0.2) is 4.98 Å². The lowest BCUT2D eigenvalue weighted by molar-refractivity contribution is 0.573. The molecule has 3 nitrogen and oxygen atoms in total. The normalized spacial score (nSPS) is 10.4. The molecule has 0 unspecified atom stereocenters. The fraction of sp³-hybridized carbons (Fsp3) is 0.125. The highest BCUT2D eigenvalue weighted by atomic mass is 32.1. The molecular formula is C8H8N2OS. The Kier molecular flexibility index (Phi) is 1.93. The average molecular weight is 180 g/mol. The van der Waals surface area contributed by atoms with E-state index in [-0.39, 0.29) is 0 Å². The largest absolute Gasteiger partial charge is 0.444 e. The van der Waals surface area contributed by atoms with Crippen LogP contribution in [0, 0.1) is 0 Å². The summed E-state index contributed by atoms with van der Waals surface area (Å²) < 4.78 is 5.22. The first-order chi connectivity index (χ1) is 5.90. The Labute approximate surface area is 73.8 Å². The van der Waals surface area contributed by atoms with Gasteiger partial charge < -0.3 is 10.2 Å². The highest BCUT2D eigenvalue weighted by Gasteiger charge is 2.04. The van der Waals surface area contributed by atoms with E-state index in [4.69, 9.17) is 10.2 Å². The molecule has 0 spiro atoms. The van der Waals surface area contributed by atoms with Crippen molar-refractivity contribution < 1.29 is 4.42 Å². The van der Waals surface area contributed by atoms with E-state index in [0.717, 1.165) is 11.3 Å². The molecule has 0 aliphatic rings. The maximum Gasteiger partial charge on any atom is 0.227 e. The molecule has 4 heteroatoms. The van der Waals surface area contributed by atoms with Gasteiger partial charge in [0.15, 0.2) is 0 Å². The molecule has 0 radical (unpaired) electrons. The fourth-order valence-corrected chi connectivity index (χ4v) is 1.55. The molecule has 0 saturated heterocycles. The molecule has 2 aromatic heterocycles. The van der Waals surface area contributed by atoms with Gasteiger partial charge in [-0.2, -0.15) is 11.3 Å². The Morgan fingerprint density at radius 1 is 1.58 bits per heavy atom. The highest BCUT2D eigenvalue weighted by molar-refractivity contribution is 7.08. The molecule has 0 aromatic carbocycles. The van der Waals surface area contributed by atoms with E-state index in [1.54, 1.807) is 17.6 Å². The van der Waals surface area contributed by atoms with E-state index >= 15 is 0 Å². The van der Waals surface area contributed by atoms with E-state index in [0.29, 0.717) is 12.4 Å². The van der Waals surface area contributed by atoms with Gasteiger partial charge in [-0.25, -0.2) is 4.98 Å². The molecule has 2 N–H and O–H groups in total. The minimum atomic E-state index is 0.424. The van der Waals surface area contributed by atoms with E-state index < -0.39 is 0 Å². The lowest BCUT2D eigenvalue weighted by Gasteiger charge is -1.85. The van der Waals surface area contributed by atoms with E-state index in [1.165, 1.54) is 0 Å². The van der Waals surface area contributed by atoms with Crippen LogP contribution in [0.15, 0.2) is 27.5 Å². The maximum absolute atomic E-state index is 5.40. The van der Waals surface area contributed by atoms with Crippen molar-refractivity contribution in [1.82, 2.24) is 4.98 Å². The molecule has 2 rings (SSSR count). The number of oxazole rings is 1. The third kappa shape index (κ3) is 1.26. The summed E-state index contributed by atoms with van der Waals surface area (Å²) in [5, 5.41) is 3.98. The Bertz CT molecular complexity index is 353. The number of thiophene rings is 1. The molecule has 0 aliphatic heterocycles. The summed E-state index contributed by atoms with van der Waals surface area (Å²) in [6, 6.07) is 1.97. The molecule has 0 amide bonds. The molecule has 0 saturated carbocycles. The second-order valence-corrected chi connectivity index (χ2v) is 3.14. The van der Waals surface area contributed by atoms with Crippen LogP contribution in [0.2, 0.25) is 0 Å². The van der Waals surface area contributed by atoms with Crippen LogP contribution in [0.1, 0.15) is 5.69 Å². The summed E-state index contributed by atoms with van der Waals surface area (Å²) in [4.78, 5) is 4.19. The first-order valence-electron chi connectivity index (χ1n) is 3.57. The SMILES string of the molecule is NCc1coc(-c2ccsc2)n1. The first-order valence-corrected chi connectivity index (χ1v) is 4.51. The van der Waals surface area contributed by atoms with Crippen molar-refractivity contribution in [2.75, 3.05) is 0 Å². The van der Waals surface area contributed by atoms with Gasteiger partial charge in [-0.05, 0) is 11.4 Å². The number of nitrogens with two attached hydrogens (primary N) is 1. The van der Waals surface area contributed by atoms with Gasteiger partial charge >= 0.3 is 0 Å². The number of nitrogens with zero attached hydrogens (tertiary/aromatic N) is 1. The molecule has 2 aromatic rings. The summed E-state index contributed by atoms with van der Waals surface area (Å²) in [5.74, 6) is 0.650. The molecule has 62 valence electrons. The number of hydrogen-bond acceptors (Lipinski definition) is 4. The number of rotatable bonds is 2. The van der Waals surface area contributed by atoms with Gasteiger partial charge in [-0.1, -0.05) is 0 Å². The smallest absolute Gasteiger partial charge is 0.227 e. The number of aromatic nitrogens is 1. The van der Waals surface area contributed by atoms with Gasteiger partial charge in [-0.3, -0.25) is 0 Å². The van der Waals surface area contributed by atoms with Crippen LogP contribution in [0.3, 0.4) is 0 Å². The predicted molar refractivity (Wildman–Crippen MR) is 47.7 cm³/mol. The topological polar surface area (TPSA) is 52.0 Å². The summed E-state index contributed by atoms with van der Waals surface area (Å²) in [6.45, 7) is 0.424. The van der Waals surface area contributed by atoms with Gasteiger partial charge in [-0.15, -0.1) is 0 Å². The molecular weight excluding hydrogens is 172 g/mol. The van der Waals surface area contributed by atoms with Crippen molar-refractivity contribution in [3.05, 3.63) is 28.8 Å². The lowest BCUT2D eigenvalue weighted by Crippen LogP contribution is -1.95. The predicted octanol–water partition coefficient (Wildman–Crippen LogP) is 1.86. The standard InChI is InChI=1S/C8H8N2OS/c9-3-7-4-11-8(10-7)6-1-2-12-5-6/h1-2,4-5H,3,9H2. The molecule has 12 heavy (non-hydrogen) atoms. The summed E-state index contributed by atoms with van der Waals surface area (Å²) in [7, 11) is 0. The Hall–Kier alpha value is -1.13. The van der Waals surface area contributed by atoms with Crippen LogP contribution in [0.5, 0.6) is 0 Å². The summed E-state index contributed by atoms with van der Waals surface area (Å²) in [6.07, 6.45) is 1.59. The van der Waals surface area contributed by atoms with Gasteiger partial charge in [0.05, 0.1) is 5.69 Å². The van der Waals surface area contributed by atoms with Crippen molar-refractivity contribution in [3.63, 3.8) is 0 Å². The van der Waals surface area contributed by atoms with Crippen LogP contribution >= 0.6 is 11.3 Å². The molecule has 2 heterocycles. The van der Waals surface area contributed by atoms with Crippen molar-refractivity contribution in [3.8, 4) is 11.5 Å². The first kappa shape index (κ1) is 7.52. The van der Waals surface area contributed by atoms with Crippen molar-refractivity contribution in [1.29, 1.82) is 0 Å². The monoisotopic (exact) mass is 180 g/mol. The molecule has 0 fully saturated rings.